The minimum atomic E-state index is -3.29. The molecule has 9 heteroatoms. The number of hydrogen-bond donors (Lipinski definition) is 1. The highest BCUT2D eigenvalue weighted by Gasteiger charge is 2.28. The number of sulfonamides is 1. The van der Waals surface area contributed by atoms with Gasteiger partial charge in [0.2, 0.25) is 10.0 Å². The maximum atomic E-state index is 12.8. The summed E-state index contributed by atoms with van der Waals surface area (Å²) in [4.78, 5) is 12.0. The lowest BCUT2D eigenvalue weighted by Gasteiger charge is -2.18. The summed E-state index contributed by atoms with van der Waals surface area (Å²) in [5.41, 5.74) is 0.813. The van der Waals surface area contributed by atoms with E-state index in [1.54, 1.807) is 12.1 Å². The Bertz CT molecular complexity index is 919. The van der Waals surface area contributed by atoms with Crippen molar-refractivity contribution in [1.82, 2.24) is 0 Å². The number of ether oxygens (including phenoxy) is 1. The molecule has 2 aromatic carbocycles. The number of anilines is 2. The van der Waals surface area contributed by atoms with Crippen LogP contribution in [0.15, 0.2) is 42.5 Å². The molecule has 2 aromatic rings. The van der Waals surface area contributed by atoms with E-state index in [-0.39, 0.29) is 17.4 Å². The third-order valence-corrected chi connectivity index (χ3v) is 5.98. The Morgan fingerprint density at radius 3 is 2.58 bits per heavy atom. The summed E-state index contributed by atoms with van der Waals surface area (Å²) in [6.07, 6.45) is 0.569. The van der Waals surface area contributed by atoms with Crippen LogP contribution in [0.2, 0.25) is 5.02 Å². The lowest BCUT2D eigenvalue weighted by atomic mass is 10.2. The molecule has 0 aliphatic carbocycles. The summed E-state index contributed by atoms with van der Waals surface area (Å²) in [5, 5.41) is 2.81. The molecule has 138 valence electrons. The lowest BCUT2D eigenvalue weighted by Crippen LogP contribution is -2.25. The zero-order valence-corrected chi connectivity index (χ0v) is 15.2. The van der Waals surface area contributed by atoms with E-state index < -0.39 is 21.7 Å². The van der Waals surface area contributed by atoms with Crippen molar-refractivity contribution in [3.63, 3.8) is 0 Å². The Kier molecular flexibility index (Phi) is 5.33. The quantitative estimate of drug-likeness (QED) is 0.839. The van der Waals surface area contributed by atoms with Crippen LogP contribution in [0.25, 0.3) is 0 Å². The number of carbonyl (C=O) groups excluding carboxylic acids is 1. The first kappa shape index (κ1) is 18.5. The summed E-state index contributed by atoms with van der Waals surface area (Å²) in [5.74, 6) is -0.363. The maximum Gasteiger partial charge on any atom is 0.262 e. The fourth-order valence-corrected chi connectivity index (χ4v) is 4.33. The summed E-state index contributed by atoms with van der Waals surface area (Å²) >= 11 is 6.16. The SMILES string of the molecule is O=C(COc1ccc(F)cc1)Nc1ccc(N2CCCS2(=O)=O)cc1Cl. The molecule has 0 atom stereocenters. The molecule has 0 spiro atoms. The second-order valence-electron chi connectivity index (χ2n) is 5.70. The summed E-state index contributed by atoms with van der Waals surface area (Å²) in [6, 6.07) is 9.93. The van der Waals surface area contributed by atoms with E-state index in [9.17, 15) is 17.6 Å². The molecular weight excluding hydrogens is 383 g/mol. The van der Waals surface area contributed by atoms with Crippen LogP contribution in [-0.4, -0.2) is 33.2 Å². The maximum absolute atomic E-state index is 12.8. The first-order valence-corrected chi connectivity index (χ1v) is 9.82. The summed E-state index contributed by atoms with van der Waals surface area (Å²) in [6.45, 7) is 0.139. The first-order valence-electron chi connectivity index (χ1n) is 7.83. The predicted octanol–water partition coefficient (Wildman–Crippen LogP) is 3.04. The van der Waals surface area contributed by atoms with Crippen molar-refractivity contribution in [2.24, 2.45) is 0 Å². The molecule has 0 aromatic heterocycles. The number of amides is 1. The monoisotopic (exact) mass is 398 g/mol. The fraction of sp³-hybridized carbons (Fsp3) is 0.235. The van der Waals surface area contributed by atoms with E-state index in [0.717, 1.165) is 0 Å². The van der Waals surface area contributed by atoms with Gasteiger partial charge in [-0.2, -0.15) is 0 Å². The molecular formula is C17H16ClFN2O4S. The van der Waals surface area contributed by atoms with Gasteiger partial charge in [-0.1, -0.05) is 11.6 Å². The number of hydrogen-bond acceptors (Lipinski definition) is 4. The molecule has 26 heavy (non-hydrogen) atoms. The van der Waals surface area contributed by atoms with Crippen LogP contribution in [0.3, 0.4) is 0 Å². The molecule has 1 aliphatic rings. The number of carbonyl (C=O) groups is 1. The normalized spacial score (nSPS) is 15.7. The Labute approximate surface area is 155 Å². The molecule has 1 N–H and O–H groups in total. The van der Waals surface area contributed by atoms with Gasteiger partial charge in [0.25, 0.3) is 5.91 Å². The van der Waals surface area contributed by atoms with Crippen LogP contribution < -0.4 is 14.4 Å². The van der Waals surface area contributed by atoms with Crippen molar-refractivity contribution < 1.29 is 22.3 Å². The smallest absolute Gasteiger partial charge is 0.262 e. The van der Waals surface area contributed by atoms with Crippen LogP contribution >= 0.6 is 11.6 Å². The van der Waals surface area contributed by atoms with Crippen LogP contribution in [0, 0.1) is 5.82 Å². The zero-order chi connectivity index (χ0) is 18.7. The van der Waals surface area contributed by atoms with Crippen molar-refractivity contribution in [3.05, 3.63) is 53.3 Å². The Hall–Kier alpha value is -2.32. The molecule has 1 heterocycles. The predicted molar refractivity (Wildman–Crippen MR) is 97.7 cm³/mol. The van der Waals surface area contributed by atoms with Crippen molar-refractivity contribution in [1.29, 1.82) is 0 Å². The van der Waals surface area contributed by atoms with E-state index in [2.05, 4.69) is 5.32 Å². The third-order valence-electron chi connectivity index (χ3n) is 3.80. The molecule has 1 aliphatic heterocycles. The molecule has 6 nitrogen and oxygen atoms in total. The molecule has 0 bridgehead atoms. The standard InChI is InChI=1S/C17H16ClFN2O4S/c18-15-10-13(21-8-1-9-26(21,23)24)4-7-16(15)20-17(22)11-25-14-5-2-12(19)3-6-14/h2-7,10H,1,8-9,11H2,(H,20,22). The summed E-state index contributed by atoms with van der Waals surface area (Å²) < 4.78 is 43.3. The molecule has 1 amide bonds. The lowest BCUT2D eigenvalue weighted by molar-refractivity contribution is -0.118. The highest BCUT2D eigenvalue weighted by molar-refractivity contribution is 7.93. The van der Waals surface area contributed by atoms with Crippen molar-refractivity contribution in [3.8, 4) is 5.75 Å². The molecule has 1 saturated heterocycles. The average molecular weight is 399 g/mol. The van der Waals surface area contributed by atoms with Crippen LogP contribution in [0.1, 0.15) is 6.42 Å². The minimum Gasteiger partial charge on any atom is -0.484 e. The van der Waals surface area contributed by atoms with Gasteiger partial charge in [0.1, 0.15) is 11.6 Å². The Balaban J connectivity index is 1.62. The Morgan fingerprint density at radius 1 is 1.23 bits per heavy atom. The van der Waals surface area contributed by atoms with Gasteiger partial charge in [-0.15, -0.1) is 0 Å². The molecule has 3 rings (SSSR count). The van der Waals surface area contributed by atoms with Crippen molar-refractivity contribution in [2.45, 2.75) is 6.42 Å². The van der Waals surface area contributed by atoms with Crippen molar-refractivity contribution in [2.75, 3.05) is 28.5 Å². The topological polar surface area (TPSA) is 75.7 Å². The average Bonchev–Trinajstić information content (AvgIpc) is 2.95. The number of nitrogens with one attached hydrogen (secondary N) is 1. The fourth-order valence-electron chi connectivity index (χ4n) is 2.56. The Morgan fingerprint density at radius 2 is 1.96 bits per heavy atom. The van der Waals surface area contributed by atoms with Gasteiger partial charge in [-0.05, 0) is 48.9 Å². The molecule has 0 unspecified atom stereocenters. The van der Waals surface area contributed by atoms with Gasteiger partial charge in [0.15, 0.2) is 6.61 Å². The van der Waals surface area contributed by atoms with Gasteiger partial charge in [-0.25, -0.2) is 12.8 Å². The number of rotatable bonds is 5. The van der Waals surface area contributed by atoms with Gasteiger partial charge in [0.05, 0.1) is 22.2 Å². The largest absolute Gasteiger partial charge is 0.484 e. The van der Waals surface area contributed by atoms with E-state index >= 15 is 0 Å². The first-order chi connectivity index (χ1) is 12.3. The van der Waals surface area contributed by atoms with Crippen molar-refractivity contribution >= 4 is 38.9 Å². The van der Waals surface area contributed by atoms with E-state index in [0.29, 0.717) is 30.1 Å². The van der Waals surface area contributed by atoms with Crippen LogP contribution in [0.4, 0.5) is 15.8 Å². The molecule has 1 fully saturated rings. The van der Waals surface area contributed by atoms with E-state index in [1.807, 2.05) is 0 Å². The number of nitrogens with zero attached hydrogens (tertiary/aromatic N) is 1. The van der Waals surface area contributed by atoms with Crippen LogP contribution in [0.5, 0.6) is 5.75 Å². The van der Waals surface area contributed by atoms with Crippen LogP contribution in [-0.2, 0) is 14.8 Å². The molecule has 0 radical (unpaired) electrons. The highest BCUT2D eigenvalue weighted by atomic mass is 35.5. The van der Waals surface area contributed by atoms with Gasteiger partial charge < -0.3 is 10.1 Å². The number of halogens is 2. The van der Waals surface area contributed by atoms with Gasteiger partial charge in [-0.3, -0.25) is 9.10 Å². The third kappa shape index (κ3) is 4.25. The number of benzene rings is 2. The highest BCUT2D eigenvalue weighted by Crippen LogP contribution is 2.31. The van der Waals surface area contributed by atoms with Gasteiger partial charge >= 0.3 is 0 Å². The van der Waals surface area contributed by atoms with E-state index in [1.165, 1.54) is 34.6 Å². The second-order valence-corrected chi connectivity index (χ2v) is 8.12. The molecule has 0 saturated carbocycles. The zero-order valence-electron chi connectivity index (χ0n) is 13.6. The second kappa shape index (κ2) is 7.51. The van der Waals surface area contributed by atoms with Gasteiger partial charge in [0, 0.05) is 6.54 Å². The minimum absolute atomic E-state index is 0.115. The van der Waals surface area contributed by atoms with E-state index in [4.69, 9.17) is 16.3 Å². The summed E-state index contributed by atoms with van der Waals surface area (Å²) in [7, 11) is -3.29.